The number of Topliss-reactive ketones (excluding diaryl/α,β-unsaturated/α-hetero) is 1. The van der Waals surface area contributed by atoms with Gasteiger partial charge in [-0.05, 0) is 24.6 Å². The molecular formula is C16H13F6NO3. The van der Waals surface area contributed by atoms with Crippen LogP contribution in [0.2, 0.25) is 0 Å². The van der Waals surface area contributed by atoms with E-state index in [1.54, 1.807) is 5.32 Å². The Hall–Kier alpha value is -2.52. The number of alkyl halides is 6. The molecule has 26 heavy (non-hydrogen) atoms. The fourth-order valence-electron chi connectivity index (χ4n) is 2.80. The van der Waals surface area contributed by atoms with Crippen LogP contribution in [0.25, 0.3) is 0 Å². The third kappa shape index (κ3) is 3.27. The number of benzene rings is 1. The van der Waals surface area contributed by atoms with E-state index in [0.29, 0.717) is 0 Å². The van der Waals surface area contributed by atoms with E-state index in [0.717, 1.165) is 19.1 Å². The van der Waals surface area contributed by atoms with Gasteiger partial charge in [0, 0.05) is 6.42 Å². The van der Waals surface area contributed by atoms with E-state index in [1.807, 2.05) is 0 Å². The lowest BCUT2D eigenvalue weighted by Crippen LogP contribution is -2.59. The molecular weight excluding hydrogens is 368 g/mol. The lowest BCUT2D eigenvalue weighted by Gasteiger charge is -2.40. The zero-order chi connectivity index (χ0) is 19.9. The minimum Gasteiger partial charge on any atom is -0.497 e. The van der Waals surface area contributed by atoms with Crippen molar-refractivity contribution < 1.29 is 40.7 Å². The van der Waals surface area contributed by atoms with Gasteiger partial charge in [0.15, 0.2) is 5.54 Å². The van der Waals surface area contributed by atoms with E-state index in [9.17, 15) is 35.9 Å². The molecule has 1 N–H and O–H groups in total. The summed E-state index contributed by atoms with van der Waals surface area (Å²) in [6, 6.07) is 4.56. The Kier molecular flexibility index (Phi) is 4.82. The van der Waals surface area contributed by atoms with Crippen molar-refractivity contribution in [3.8, 4) is 5.75 Å². The first-order chi connectivity index (χ1) is 11.8. The molecule has 0 bridgehead atoms. The zero-order valence-electron chi connectivity index (χ0n) is 13.5. The third-order valence-corrected chi connectivity index (χ3v) is 4.06. The highest BCUT2D eigenvalue weighted by molar-refractivity contribution is 6.22. The quantitative estimate of drug-likeness (QED) is 0.645. The number of nitrogens with one attached hydrogen (secondary N) is 1. The molecule has 0 aromatic heterocycles. The molecule has 0 saturated carbocycles. The zero-order valence-corrected chi connectivity index (χ0v) is 13.5. The van der Waals surface area contributed by atoms with Crippen molar-refractivity contribution in [2.24, 2.45) is 0 Å². The van der Waals surface area contributed by atoms with E-state index < -0.39 is 52.7 Å². The molecule has 0 fully saturated rings. The fourth-order valence-corrected chi connectivity index (χ4v) is 2.80. The molecule has 1 aliphatic heterocycles. The van der Waals surface area contributed by atoms with Crippen LogP contribution in [0.3, 0.4) is 0 Å². The SMILES string of the molecule is COc1ccc([C@]2(C(F)(F)F)CC(C)=C(C(=O)C(F)(F)F)C(=O)N2)cc1. The largest absolute Gasteiger partial charge is 0.497 e. The van der Waals surface area contributed by atoms with Crippen molar-refractivity contribution in [1.29, 1.82) is 0 Å². The van der Waals surface area contributed by atoms with E-state index in [4.69, 9.17) is 4.74 Å². The van der Waals surface area contributed by atoms with Crippen molar-refractivity contribution in [2.75, 3.05) is 7.11 Å². The number of halogens is 6. The predicted octanol–water partition coefficient (Wildman–Crippen LogP) is 3.42. The van der Waals surface area contributed by atoms with Crippen molar-refractivity contribution >= 4 is 11.7 Å². The first kappa shape index (κ1) is 19.8. The van der Waals surface area contributed by atoms with Crippen LogP contribution in [0.15, 0.2) is 35.4 Å². The van der Waals surface area contributed by atoms with Gasteiger partial charge in [-0.1, -0.05) is 17.7 Å². The summed E-state index contributed by atoms with van der Waals surface area (Å²) in [4.78, 5) is 23.4. The molecule has 4 nitrogen and oxygen atoms in total. The first-order valence-electron chi connectivity index (χ1n) is 7.18. The molecule has 0 aliphatic carbocycles. The molecule has 0 spiro atoms. The Labute approximate surface area is 143 Å². The normalized spacial score (nSPS) is 21.5. The number of amides is 1. The van der Waals surface area contributed by atoms with Crippen LogP contribution in [-0.2, 0) is 15.1 Å². The minimum atomic E-state index is -5.37. The van der Waals surface area contributed by atoms with E-state index in [-0.39, 0.29) is 5.75 Å². The Balaban J connectivity index is 2.59. The molecule has 142 valence electrons. The molecule has 1 atom stereocenters. The highest BCUT2D eigenvalue weighted by Crippen LogP contribution is 2.46. The summed E-state index contributed by atoms with van der Waals surface area (Å²) in [6.45, 7) is 0.904. The number of carbonyl (C=O) groups excluding carboxylic acids is 2. The van der Waals surface area contributed by atoms with Crippen molar-refractivity contribution in [3.05, 3.63) is 41.0 Å². The van der Waals surface area contributed by atoms with Gasteiger partial charge in [-0.3, -0.25) is 9.59 Å². The molecule has 0 saturated heterocycles. The summed E-state index contributed by atoms with van der Waals surface area (Å²) in [5.74, 6) is -3.93. The summed E-state index contributed by atoms with van der Waals surface area (Å²) >= 11 is 0. The van der Waals surface area contributed by atoms with E-state index >= 15 is 0 Å². The summed E-state index contributed by atoms with van der Waals surface area (Å²) in [5.41, 5.74) is -5.25. The van der Waals surface area contributed by atoms with Gasteiger partial charge in [-0.15, -0.1) is 0 Å². The second-order valence-corrected chi connectivity index (χ2v) is 5.74. The highest BCUT2D eigenvalue weighted by Gasteiger charge is 2.60. The lowest BCUT2D eigenvalue weighted by atomic mass is 9.78. The molecule has 1 aliphatic rings. The summed E-state index contributed by atoms with van der Waals surface area (Å²) in [5, 5.41) is 1.57. The molecule has 0 radical (unpaired) electrons. The highest BCUT2D eigenvalue weighted by atomic mass is 19.4. The minimum absolute atomic E-state index is 0.258. The maximum Gasteiger partial charge on any atom is 0.455 e. The van der Waals surface area contributed by atoms with Crippen LogP contribution in [0.4, 0.5) is 26.3 Å². The molecule has 0 unspecified atom stereocenters. The molecule has 1 amide bonds. The number of carbonyl (C=O) groups is 2. The first-order valence-corrected chi connectivity index (χ1v) is 7.18. The Morgan fingerprint density at radius 1 is 1.12 bits per heavy atom. The number of rotatable bonds is 3. The summed E-state index contributed by atoms with van der Waals surface area (Å²) in [6.07, 6.45) is -11.4. The van der Waals surface area contributed by atoms with Crippen LogP contribution in [0.5, 0.6) is 5.75 Å². The van der Waals surface area contributed by atoms with Gasteiger partial charge in [0.05, 0.1) is 12.7 Å². The third-order valence-electron chi connectivity index (χ3n) is 4.06. The predicted molar refractivity (Wildman–Crippen MR) is 77.2 cm³/mol. The number of methoxy groups -OCH3 is 1. The number of hydrogen-bond acceptors (Lipinski definition) is 3. The van der Waals surface area contributed by atoms with Gasteiger partial charge >= 0.3 is 12.4 Å². The standard InChI is InChI=1S/C16H13F6NO3/c1-8-7-14(16(20,21)22,9-3-5-10(26-2)6-4-9)23-13(25)11(8)12(24)15(17,18)19/h3-6H,7H2,1-2H3,(H,23,25)/t14-/m0/s1. The second kappa shape index (κ2) is 6.33. The number of hydrogen-bond donors (Lipinski definition) is 1. The van der Waals surface area contributed by atoms with Gasteiger partial charge in [0.25, 0.3) is 11.7 Å². The van der Waals surface area contributed by atoms with Gasteiger partial charge < -0.3 is 10.1 Å². The maximum atomic E-state index is 13.8. The Morgan fingerprint density at radius 3 is 2.04 bits per heavy atom. The van der Waals surface area contributed by atoms with Gasteiger partial charge in [0.2, 0.25) is 0 Å². The molecule has 10 heteroatoms. The van der Waals surface area contributed by atoms with E-state index in [1.165, 1.54) is 19.2 Å². The molecule has 1 aromatic carbocycles. The van der Waals surface area contributed by atoms with Gasteiger partial charge in [-0.2, -0.15) is 26.3 Å². The average molecular weight is 381 g/mol. The van der Waals surface area contributed by atoms with Gasteiger partial charge in [0.1, 0.15) is 5.75 Å². The Bertz CT molecular complexity index is 764. The van der Waals surface area contributed by atoms with Crippen LogP contribution in [0.1, 0.15) is 18.9 Å². The van der Waals surface area contributed by atoms with Crippen LogP contribution in [0, 0.1) is 0 Å². The topological polar surface area (TPSA) is 55.4 Å². The Morgan fingerprint density at radius 2 is 1.65 bits per heavy atom. The summed E-state index contributed by atoms with van der Waals surface area (Å²) < 4.78 is 84.1. The fraction of sp³-hybridized carbons (Fsp3) is 0.375. The number of ketones is 1. The van der Waals surface area contributed by atoms with Crippen molar-refractivity contribution in [3.63, 3.8) is 0 Å². The molecule has 1 aromatic rings. The van der Waals surface area contributed by atoms with Crippen LogP contribution in [-0.4, -0.2) is 31.2 Å². The smallest absolute Gasteiger partial charge is 0.455 e. The number of ether oxygens (including phenoxy) is 1. The second-order valence-electron chi connectivity index (χ2n) is 5.74. The lowest BCUT2D eigenvalue weighted by molar-refractivity contribution is -0.204. The monoisotopic (exact) mass is 381 g/mol. The average Bonchev–Trinajstić information content (AvgIpc) is 2.52. The van der Waals surface area contributed by atoms with Crippen LogP contribution >= 0.6 is 0 Å². The summed E-state index contributed by atoms with van der Waals surface area (Å²) in [7, 11) is 1.30. The van der Waals surface area contributed by atoms with Crippen molar-refractivity contribution in [1.82, 2.24) is 5.32 Å². The van der Waals surface area contributed by atoms with Crippen molar-refractivity contribution in [2.45, 2.75) is 31.2 Å². The molecule has 1 heterocycles. The maximum absolute atomic E-state index is 13.8. The van der Waals surface area contributed by atoms with Gasteiger partial charge in [-0.25, -0.2) is 0 Å². The van der Waals surface area contributed by atoms with Crippen LogP contribution < -0.4 is 10.1 Å². The van der Waals surface area contributed by atoms with E-state index in [2.05, 4.69) is 0 Å². The molecule has 2 rings (SSSR count).